The van der Waals surface area contributed by atoms with Gasteiger partial charge in [-0.3, -0.25) is 0 Å². The summed E-state index contributed by atoms with van der Waals surface area (Å²) in [6, 6.07) is 4.26. The molecule has 1 aromatic rings. The van der Waals surface area contributed by atoms with Gasteiger partial charge in [-0.15, -0.1) is 12.3 Å². The van der Waals surface area contributed by atoms with Crippen LogP contribution in [0.1, 0.15) is 6.42 Å². The Morgan fingerprint density at radius 2 is 2.24 bits per heavy atom. The highest BCUT2D eigenvalue weighted by Gasteiger charge is 2.14. The van der Waals surface area contributed by atoms with Crippen molar-refractivity contribution < 1.29 is 13.2 Å². The molecule has 1 aromatic carbocycles. The van der Waals surface area contributed by atoms with Crippen molar-refractivity contribution in [3.8, 4) is 18.1 Å². The normalized spacial score (nSPS) is 10.8. The third-order valence-corrected chi connectivity index (χ3v) is 3.54. The van der Waals surface area contributed by atoms with Crippen LogP contribution in [0.3, 0.4) is 0 Å². The Morgan fingerprint density at radius 3 is 2.82 bits per heavy atom. The molecule has 0 aliphatic heterocycles. The molecule has 0 radical (unpaired) electrons. The topological polar surface area (TPSA) is 81.4 Å². The van der Waals surface area contributed by atoms with Crippen molar-refractivity contribution in [3.63, 3.8) is 0 Å². The summed E-state index contributed by atoms with van der Waals surface area (Å²) in [7, 11) is -2.14. The molecule has 0 aromatic heterocycles. The molecule has 6 heteroatoms. The fraction of sp³-hybridized carbons (Fsp3) is 0.273. The molecule has 3 N–H and O–H groups in total. The first-order chi connectivity index (χ1) is 8.01. The predicted molar refractivity (Wildman–Crippen MR) is 66.0 cm³/mol. The Hall–Kier alpha value is -1.71. The van der Waals surface area contributed by atoms with E-state index in [1.807, 2.05) is 0 Å². The molecule has 0 spiro atoms. The number of hydrogen-bond acceptors (Lipinski definition) is 4. The number of hydrogen-bond donors (Lipinski definition) is 2. The maximum Gasteiger partial charge on any atom is 0.240 e. The number of sulfonamides is 1. The maximum atomic E-state index is 11.8. The van der Waals surface area contributed by atoms with Crippen LogP contribution in [0.2, 0.25) is 0 Å². The van der Waals surface area contributed by atoms with Crippen LogP contribution in [0.4, 0.5) is 5.69 Å². The minimum atomic E-state index is -3.56. The monoisotopic (exact) mass is 254 g/mol. The first kappa shape index (κ1) is 13.4. The minimum Gasteiger partial charge on any atom is -0.495 e. The Bertz CT molecular complexity index is 532. The number of benzene rings is 1. The zero-order valence-electron chi connectivity index (χ0n) is 9.43. The van der Waals surface area contributed by atoms with E-state index in [0.717, 1.165) is 0 Å². The Balaban J connectivity index is 2.96. The van der Waals surface area contributed by atoms with Gasteiger partial charge in [0.25, 0.3) is 0 Å². The van der Waals surface area contributed by atoms with Crippen LogP contribution in [0.25, 0.3) is 0 Å². The molecular weight excluding hydrogens is 240 g/mol. The summed E-state index contributed by atoms with van der Waals surface area (Å²) in [5, 5.41) is 0. The second-order valence-corrected chi connectivity index (χ2v) is 5.02. The second kappa shape index (κ2) is 5.57. The highest BCUT2D eigenvalue weighted by molar-refractivity contribution is 7.89. The molecule has 17 heavy (non-hydrogen) atoms. The molecule has 0 saturated heterocycles. The molecule has 0 saturated carbocycles. The molecule has 5 nitrogen and oxygen atoms in total. The zero-order valence-corrected chi connectivity index (χ0v) is 10.3. The fourth-order valence-electron chi connectivity index (χ4n) is 1.20. The van der Waals surface area contributed by atoms with E-state index in [0.29, 0.717) is 17.9 Å². The van der Waals surface area contributed by atoms with E-state index in [-0.39, 0.29) is 11.4 Å². The molecule has 0 atom stereocenters. The average Bonchev–Trinajstić information content (AvgIpc) is 2.29. The first-order valence-electron chi connectivity index (χ1n) is 4.88. The van der Waals surface area contributed by atoms with Gasteiger partial charge in [0.05, 0.1) is 17.7 Å². The van der Waals surface area contributed by atoms with Crippen LogP contribution in [0.5, 0.6) is 5.75 Å². The highest BCUT2D eigenvalue weighted by atomic mass is 32.2. The summed E-state index contributed by atoms with van der Waals surface area (Å²) in [4.78, 5) is 0.0978. The average molecular weight is 254 g/mol. The van der Waals surface area contributed by atoms with Crippen LogP contribution in [0.15, 0.2) is 23.1 Å². The molecule has 0 aliphatic carbocycles. The van der Waals surface area contributed by atoms with Crippen molar-refractivity contribution in [1.82, 2.24) is 4.72 Å². The van der Waals surface area contributed by atoms with E-state index in [1.54, 1.807) is 0 Å². The molecule has 0 bridgehead atoms. The van der Waals surface area contributed by atoms with Crippen LogP contribution < -0.4 is 15.2 Å². The SMILES string of the molecule is C#CCCNS(=O)(=O)c1ccc(N)c(OC)c1. The van der Waals surface area contributed by atoms with Crippen molar-refractivity contribution in [2.75, 3.05) is 19.4 Å². The number of nitrogen functional groups attached to an aromatic ring is 1. The second-order valence-electron chi connectivity index (χ2n) is 3.26. The predicted octanol–water partition coefficient (Wildman–Crippen LogP) is 0.579. The summed E-state index contributed by atoms with van der Waals surface area (Å²) < 4.78 is 31.0. The summed E-state index contributed by atoms with van der Waals surface area (Å²) in [5.74, 6) is 2.68. The molecule has 0 unspecified atom stereocenters. The van der Waals surface area contributed by atoms with E-state index in [1.165, 1.54) is 25.3 Å². The van der Waals surface area contributed by atoms with Crippen molar-refractivity contribution in [3.05, 3.63) is 18.2 Å². The number of rotatable bonds is 5. The number of terminal acetylenes is 1. The fourth-order valence-corrected chi connectivity index (χ4v) is 2.25. The van der Waals surface area contributed by atoms with Gasteiger partial charge < -0.3 is 10.5 Å². The summed E-state index contributed by atoms with van der Waals surface area (Å²) in [6.45, 7) is 0.200. The van der Waals surface area contributed by atoms with Gasteiger partial charge in [-0.1, -0.05) is 0 Å². The Kier molecular flexibility index (Phi) is 4.37. The lowest BCUT2D eigenvalue weighted by atomic mass is 10.3. The standard InChI is InChI=1S/C11H14N2O3S/c1-3-4-7-13-17(14,15)9-5-6-10(12)11(8-9)16-2/h1,5-6,8,13H,4,7,12H2,2H3. The summed E-state index contributed by atoms with van der Waals surface area (Å²) in [5.41, 5.74) is 5.98. The van der Waals surface area contributed by atoms with Gasteiger partial charge >= 0.3 is 0 Å². The highest BCUT2D eigenvalue weighted by Crippen LogP contribution is 2.24. The van der Waals surface area contributed by atoms with Crippen molar-refractivity contribution >= 4 is 15.7 Å². The van der Waals surface area contributed by atoms with E-state index in [2.05, 4.69) is 10.6 Å². The number of ether oxygens (including phenoxy) is 1. The molecule has 0 amide bonds. The smallest absolute Gasteiger partial charge is 0.240 e. The number of anilines is 1. The third kappa shape index (κ3) is 3.37. The quantitative estimate of drug-likeness (QED) is 0.457. The van der Waals surface area contributed by atoms with Gasteiger partial charge in [0.15, 0.2) is 0 Å². The summed E-state index contributed by atoms with van der Waals surface area (Å²) in [6.07, 6.45) is 5.38. The Morgan fingerprint density at radius 1 is 1.53 bits per heavy atom. The molecule has 92 valence electrons. The van der Waals surface area contributed by atoms with Crippen molar-refractivity contribution in [1.29, 1.82) is 0 Å². The van der Waals surface area contributed by atoms with E-state index in [4.69, 9.17) is 16.9 Å². The molecule has 0 heterocycles. The molecule has 0 fully saturated rings. The minimum absolute atomic E-state index is 0.0978. The largest absolute Gasteiger partial charge is 0.495 e. The molecule has 0 aliphatic rings. The van der Waals surface area contributed by atoms with Gasteiger partial charge in [0, 0.05) is 19.0 Å². The number of methoxy groups -OCH3 is 1. The van der Waals surface area contributed by atoms with Crippen molar-refractivity contribution in [2.24, 2.45) is 0 Å². The maximum absolute atomic E-state index is 11.8. The third-order valence-electron chi connectivity index (χ3n) is 2.08. The van der Waals surface area contributed by atoms with Crippen LogP contribution in [-0.2, 0) is 10.0 Å². The van der Waals surface area contributed by atoms with Crippen LogP contribution in [0, 0.1) is 12.3 Å². The lowest BCUT2D eigenvalue weighted by Crippen LogP contribution is -2.24. The van der Waals surface area contributed by atoms with Crippen molar-refractivity contribution in [2.45, 2.75) is 11.3 Å². The van der Waals surface area contributed by atoms with Gasteiger partial charge in [-0.05, 0) is 12.1 Å². The molecular formula is C11H14N2O3S. The van der Waals surface area contributed by atoms with Gasteiger partial charge in [-0.2, -0.15) is 0 Å². The van der Waals surface area contributed by atoms with Gasteiger partial charge in [0.1, 0.15) is 5.75 Å². The summed E-state index contributed by atoms with van der Waals surface area (Å²) >= 11 is 0. The van der Waals surface area contributed by atoms with Crippen LogP contribution >= 0.6 is 0 Å². The number of nitrogens with two attached hydrogens (primary N) is 1. The number of nitrogens with one attached hydrogen (secondary N) is 1. The zero-order chi connectivity index (χ0) is 12.9. The van der Waals surface area contributed by atoms with E-state index >= 15 is 0 Å². The first-order valence-corrected chi connectivity index (χ1v) is 6.36. The lowest BCUT2D eigenvalue weighted by molar-refractivity contribution is 0.415. The van der Waals surface area contributed by atoms with E-state index < -0.39 is 10.0 Å². The lowest BCUT2D eigenvalue weighted by Gasteiger charge is -2.08. The molecule has 1 rings (SSSR count). The van der Waals surface area contributed by atoms with Crippen LogP contribution in [-0.4, -0.2) is 22.1 Å². The van der Waals surface area contributed by atoms with Gasteiger partial charge in [-0.25, -0.2) is 13.1 Å². The van der Waals surface area contributed by atoms with Gasteiger partial charge in [0.2, 0.25) is 10.0 Å². The Labute approximate surface area is 101 Å². The van der Waals surface area contributed by atoms with E-state index in [9.17, 15) is 8.42 Å².